The van der Waals surface area contributed by atoms with Crippen LogP contribution >= 0.6 is 27.7 Å². The van der Waals surface area contributed by atoms with Crippen LogP contribution < -0.4 is 5.32 Å². The fraction of sp³-hybridized carbons (Fsp3) is 0.118. The molecule has 25 heavy (non-hydrogen) atoms. The molecule has 2 heterocycles. The van der Waals surface area contributed by atoms with E-state index in [2.05, 4.69) is 21.2 Å². The van der Waals surface area contributed by atoms with Gasteiger partial charge in [0.05, 0.1) is 16.7 Å². The van der Waals surface area contributed by atoms with Gasteiger partial charge in [0.2, 0.25) is 0 Å². The summed E-state index contributed by atoms with van der Waals surface area (Å²) < 4.78 is 5.73. The van der Waals surface area contributed by atoms with Gasteiger partial charge in [0.15, 0.2) is 0 Å². The molecule has 1 aliphatic rings. The maximum Gasteiger partial charge on any atom is 0.293 e. The van der Waals surface area contributed by atoms with Crippen LogP contribution in [0.4, 0.5) is 4.79 Å². The van der Waals surface area contributed by atoms with Crippen LogP contribution in [0.15, 0.2) is 56.7 Å². The van der Waals surface area contributed by atoms with Gasteiger partial charge in [-0.3, -0.25) is 19.3 Å². The van der Waals surface area contributed by atoms with Crippen LogP contribution in [0.5, 0.6) is 0 Å². The second kappa shape index (κ2) is 7.71. The largest absolute Gasteiger partial charge is 0.472 e. The number of thioether (sulfide) groups is 1. The third-order valence-electron chi connectivity index (χ3n) is 3.42. The molecule has 3 rings (SSSR count). The van der Waals surface area contributed by atoms with Crippen LogP contribution in [-0.4, -0.2) is 35.0 Å². The predicted molar refractivity (Wildman–Crippen MR) is 97.9 cm³/mol. The number of nitrogens with one attached hydrogen (secondary N) is 1. The van der Waals surface area contributed by atoms with E-state index >= 15 is 0 Å². The van der Waals surface area contributed by atoms with E-state index in [1.165, 1.54) is 18.6 Å². The summed E-state index contributed by atoms with van der Waals surface area (Å²) in [6.07, 6.45) is 4.41. The van der Waals surface area contributed by atoms with E-state index in [0.29, 0.717) is 10.5 Å². The van der Waals surface area contributed by atoms with Crippen molar-refractivity contribution in [1.29, 1.82) is 0 Å². The summed E-state index contributed by atoms with van der Waals surface area (Å²) >= 11 is 4.26. The van der Waals surface area contributed by atoms with E-state index < -0.39 is 0 Å². The highest BCUT2D eigenvalue weighted by molar-refractivity contribution is 9.10. The topological polar surface area (TPSA) is 79.6 Å². The normalized spacial score (nSPS) is 15.9. The molecule has 0 saturated carbocycles. The minimum Gasteiger partial charge on any atom is -0.472 e. The van der Waals surface area contributed by atoms with Gasteiger partial charge in [0.1, 0.15) is 6.26 Å². The Bertz CT molecular complexity index is 848. The monoisotopic (exact) mass is 420 g/mol. The Morgan fingerprint density at radius 2 is 2.16 bits per heavy atom. The molecular formula is C17H13BrN2O4S. The number of amides is 3. The van der Waals surface area contributed by atoms with Gasteiger partial charge in [0, 0.05) is 17.6 Å². The molecular weight excluding hydrogens is 408 g/mol. The van der Waals surface area contributed by atoms with Crippen molar-refractivity contribution in [2.75, 3.05) is 13.1 Å². The Morgan fingerprint density at radius 1 is 1.32 bits per heavy atom. The summed E-state index contributed by atoms with van der Waals surface area (Å²) in [7, 11) is 0. The van der Waals surface area contributed by atoms with E-state index in [0.717, 1.165) is 26.7 Å². The third-order valence-corrected chi connectivity index (χ3v) is 4.83. The molecule has 6 nitrogen and oxygen atoms in total. The SMILES string of the molecule is O=C(NCCN1C(=O)S/C(=C\c2cccc(Br)c2)C1=O)c1ccoc1. The second-order valence-corrected chi connectivity index (χ2v) is 7.07. The number of hydrogen-bond acceptors (Lipinski definition) is 5. The molecule has 1 aromatic carbocycles. The molecule has 128 valence electrons. The minimum absolute atomic E-state index is 0.115. The molecule has 0 unspecified atom stereocenters. The van der Waals surface area contributed by atoms with Crippen molar-refractivity contribution in [2.45, 2.75) is 0 Å². The quantitative estimate of drug-likeness (QED) is 0.748. The van der Waals surface area contributed by atoms with E-state index in [1.54, 1.807) is 6.08 Å². The van der Waals surface area contributed by atoms with Crippen molar-refractivity contribution in [3.8, 4) is 0 Å². The number of carbonyl (C=O) groups excluding carboxylic acids is 3. The molecule has 0 radical (unpaired) electrons. The Labute approximate surface area is 156 Å². The van der Waals surface area contributed by atoms with Gasteiger partial charge in [-0.2, -0.15) is 0 Å². The first-order valence-corrected chi connectivity index (χ1v) is 8.97. The fourth-order valence-electron chi connectivity index (χ4n) is 2.22. The molecule has 1 N–H and O–H groups in total. The van der Waals surface area contributed by atoms with Gasteiger partial charge in [-0.15, -0.1) is 0 Å². The maximum absolute atomic E-state index is 12.4. The Kier molecular flexibility index (Phi) is 5.40. The molecule has 1 saturated heterocycles. The van der Waals surface area contributed by atoms with E-state index in [1.807, 2.05) is 24.3 Å². The molecule has 8 heteroatoms. The lowest BCUT2D eigenvalue weighted by atomic mass is 10.2. The summed E-state index contributed by atoms with van der Waals surface area (Å²) in [5.41, 5.74) is 1.22. The molecule has 1 fully saturated rings. The van der Waals surface area contributed by atoms with Gasteiger partial charge >= 0.3 is 0 Å². The molecule has 0 atom stereocenters. The number of carbonyl (C=O) groups is 3. The lowest BCUT2D eigenvalue weighted by molar-refractivity contribution is -0.122. The predicted octanol–water partition coefficient (Wildman–Crippen LogP) is 3.51. The van der Waals surface area contributed by atoms with Crippen LogP contribution in [-0.2, 0) is 4.79 Å². The van der Waals surface area contributed by atoms with Crippen LogP contribution in [0.1, 0.15) is 15.9 Å². The highest BCUT2D eigenvalue weighted by atomic mass is 79.9. The first-order valence-electron chi connectivity index (χ1n) is 7.36. The van der Waals surface area contributed by atoms with Crippen molar-refractivity contribution in [3.63, 3.8) is 0 Å². The number of benzene rings is 1. The van der Waals surface area contributed by atoms with Gasteiger partial charge in [-0.05, 0) is 41.6 Å². The summed E-state index contributed by atoms with van der Waals surface area (Å²) in [6.45, 7) is 0.288. The lowest BCUT2D eigenvalue weighted by Gasteiger charge is -2.12. The van der Waals surface area contributed by atoms with Crippen LogP contribution in [0.3, 0.4) is 0 Å². The van der Waals surface area contributed by atoms with Crippen molar-refractivity contribution < 1.29 is 18.8 Å². The van der Waals surface area contributed by atoms with Gasteiger partial charge < -0.3 is 9.73 Å². The van der Waals surface area contributed by atoms with Crippen LogP contribution in [0.2, 0.25) is 0 Å². The molecule has 0 aliphatic carbocycles. The molecule has 3 amide bonds. The zero-order valence-corrected chi connectivity index (χ0v) is 15.3. The number of furan rings is 1. The molecule has 1 aromatic heterocycles. The number of hydrogen-bond donors (Lipinski definition) is 1. The van der Waals surface area contributed by atoms with Crippen molar-refractivity contribution >= 4 is 50.8 Å². The van der Waals surface area contributed by atoms with Crippen molar-refractivity contribution in [2.24, 2.45) is 0 Å². The summed E-state index contributed by atoms with van der Waals surface area (Å²) in [5.74, 6) is -0.669. The summed E-state index contributed by atoms with van der Waals surface area (Å²) in [5, 5.41) is 2.30. The zero-order valence-electron chi connectivity index (χ0n) is 12.9. The molecule has 1 aliphatic heterocycles. The zero-order chi connectivity index (χ0) is 17.8. The summed E-state index contributed by atoms with van der Waals surface area (Å²) in [6, 6.07) is 8.98. The minimum atomic E-state index is -0.354. The van der Waals surface area contributed by atoms with E-state index in [4.69, 9.17) is 4.42 Å². The average molecular weight is 421 g/mol. The van der Waals surface area contributed by atoms with Crippen molar-refractivity contribution in [3.05, 3.63) is 63.4 Å². The third kappa shape index (κ3) is 4.21. The van der Waals surface area contributed by atoms with Gasteiger partial charge in [-0.1, -0.05) is 28.1 Å². The highest BCUT2D eigenvalue weighted by Crippen LogP contribution is 2.32. The number of rotatable bonds is 5. The fourth-order valence-corrected chi connectivity index (χ4v) is 3.50. The average Bonchev–Trinajstić information content (AvgIpc) is 3.19. The second-order valence-electron chi connectivity index (χ2n) is 5.16. The number of imide groups is 1. The Hall–Kier alpha value is -2.32. The first-order chi connectivity index (χ1) is 12.0. The van der Waals surface area contributed by atoms with E-state index in [-0.39, 0.29) is 30.1 Å². The highest BCUT2D eigenvalue weighted by Gasteiger charge is 2.34. The molecule has 0 spiro atoms. The molecule has 0 bridgehead atoms. The van der Waals surface area contributed by atoms with E-state index in [9.17, 15) is 14.4 Å². The number of halogens is 1. The lowest BCUT2D eigenvalue weighted by Crippen LogP contribution is -2.37. The van der Waals surface area contributed by atoms with Gasteiger partial charge in [-0.25, -0.2) is 0 Å². The van der Waals surface area contributed by atoms with Gasteiger partial charge in [0.25, 0.3) is 17.1 Å². The molecule has 2 aromatic rings. The van der Waals surface area contributed by atoms with Crippen LogP contribution in [0.25, 0.3) is 6.08 Å². The maximum atomic E-state index is 12.4. The standard InChI is InChI=1S/C17H13BrN2O4S/c18-13-3-1-2-11(8-13)9-14-16(22)20(17(23)25-14)6-5-19-15(21)12-4-7-24-10-12/h1-4,7-10H,5-6H2,(H,19,21)/b14-9-. The van der Waals surface area contributed by atoms with Crippen LogP contribution in [0, 0.1) is 0 Å². The summed E-state index contributed by atoms with van der Waals surface area (Å²) in [4.78, 5) is 37.7. The number of nitrogens with zero attached hydrogens (tertiary/aromatic N) is 1. The first kappa shape index (κ1) is 17.5. The Morgan fingerprint density at radius 3 is 2.88 bits per heavy atom. The Balaban J connectivity index is 1.60. The smallest absolute Gasteiger partial charge is 0.293 e. The van der Waals surface area contributed by atoms with Crippen molar-refractivity contribution in [1.82, 2.24) is 10.2 Å².